The molecule has 0 N–H and O–H groups in total. The van der Waals surface area contributed by atoms with Gasteiger partial charge in [0.2, 0.25) is 11.8 Å². The first-order valence-corrected chi connectivity index (χ1v) is 9.46. The number of hydrogen-bond acceptors (Lipinski definition) is 2. The van der Waals surface area contributed by atoms with Crippen LogP contribution in [-0.2, 0) is 22.4 Å². The summed E-state index contributed by atoms with van der Waals surface area (Å²) < 4.78 is 13.3. The highest BCUT2D eigenvalue weighted by Gasteiger charge is 2.22. The van der Waals surface area contributed by atoms with E-state index in [1.54, 1.807) is 17.0 Å². The van der Waals surface area contributed by atoms with Crippen LogP contribution >= 0.6 is 0 Å². The Kier molecular flexibility index (Phi) is 6.58. The Morgan fingerprint density at radius 3 is 2.19 bits per heavy atom. The molecule has 1 saturated heterocycles. The summed E-state index contributed by atoms with van der Waals surface area (Å²) in [6.07, 6.45) is 2.19. The lowest BCUT2D eigenvalue weighted by molar-refractivity contribution is -0.133. The summed E-state index contributed by atoms with van der Waals surface area (Å²) >= 11 is 0. The molecule has 142 valence electrons. The fourth-order valence-electron chi connectivity index (χ4n) is 3.40. The maximum Gasteiger partial charge on any atom is 0.227 e. The summed E-state index contributed by atoms with van der Waals surface area (Å²) in [4.78, 5) is 28.7. The van der Waals surface area contributed by atoms with E-state index in [-0.39, 0.29) is 24.1 Å². The molecule has 0 aliphatic carbocycles. The van der Waals surface area contributed by atoms with Gasteiger partial charge >= 0.3 is 0 Å². The summed E-state index contributed by atoms with van der Waals surface area (Å²) in [5.74, 6) is -0.205. The van der Waals surface area contributed by atoms with Crippen LogP contribution in [0.5, 0.6) is 0 Å². The topological polar surface area (TPSA) is 40.6 Å². The number of halogens is 1. The molecule has 1 fully saturated rings. The van der Waals surface area contributed by atoms with E-state index in [0.29, 0.717) is 38.2 Å². The van der Waals surface area contributed by atoms with Crippen LogP contribution in [0.3, 0.4) is 0 Å². The number of benzene rings is 2. The number of nitrogens with zero attached hydrogens (tertiary/aromatic N) is 2. The van der Waals surface area contributed by atoms with Crippen molar-refractivity contribution in [1.82, 2.24) is 9.80 Å². The van der Waals surface area contributed by atoms with Gasteiger partial charge in [-0.25, -0.2) is 4.39 Å². The van der Waals surface area contributed by atoms with Gasteiger partial charge in [0, 0.05) is 32.6 Å². The highest BCUT2D eigenvalue weighted by Crippen LogP contribution is 2.11. The minimum atomic E-state index is -0.327. The Morgan fingerprint density at radius 2 is 1.48 bits per heavy atom. The lowest BCUT2D eigenvalue weighted by atomic mass is 10.1. The average Bonchev–Trinajstić information content (AvgIpc) is 2.93. The Balaban J connectivity index is 1.49. The molecule has 2 aromatic carbocycles. The van der Waals surface area contributed by atoms with E-state index in [2.05, 4.69) is 0 Å². The number of carbonyl (C=O) groups is 2. The number of aryl methyl sites for hydroxylation is 1. The van der Waals surface area contributed by atoms with Gasteiger partial charge in [-0.2, -0.15) is 0 Å². The van der Waals surface area contributed by atoms with Gasteiger partial charge in [0.15, 0.2) is 0 Å². The maximum atomic E-state index is 13.3. The molecule has 2 amide bonds. The molecule has 0 bridgehead atoms. The van der Waals surface area contributed by atoms with E-state index in [9.17, 15) is 14.0 Å². The van der Waals surface area contributed by atoms with E-state index >= 15 is 0 Å². The van der Waals surface area contributed by atoms with Gasteiger partial charge in [0.1, 0.15) is 5.82 Å². The average molecular weight is 368 g/mol. The van der Waals surface area contributed by atoms with Crippen molar-refractivity contribution in [3.05, 3.63) is 71.5 Å². The zero-order chi connectivity index (χ0) is 19.1. The smallest absolute Gasteiger partial charge is 0.227 e. The summed E-state index contributed by atoms with van der Waals surface area (Å²) in [6, 6.07) is 16.1. The van der Waals surface area contributed by atoms with Crippen LogP contribution in [0, 0.1) is 5.82 Å². The lowest BCUT2D eigenvalue weighted by Gasteiger charge is -2.22. The van der Waals surface area contributed by atoms with E-state index < -0.39 is 0 Å². The van der Waals surface area contributed by atoms with Gasteiger partial charge in [-0.3, -0.25) is 9.59 Å². The molecule has 0 aromatic heterocycles. The van der Waals surface area contributed by atoms with Gasteiger partial charge in [-0.15, -0.1) is 0 Å². The maximum absolute atomic E-state index is 13.3. The van der Waals surface area contributed by atoms with Gasteiger partial charge < -0.3 is 9.80 Å². The van der Waals surface area contributed by atoms with E-state index in [0.717, 1.165) is 18.4 Å². The first kappa shape index (κ1) is 19.1. The number of carbonyl (C=O) groups excluding carboxylic acids is 2. The summed E-state index contributed by atoms with van der Waals surface area (Å²) in [5, 5.41) is 0. The number of hydrogen-bond donors (Lipinski definition) is 0. The Bertz CT molecular complexity index is 779. The van der Waals surface area contributed by atoms with Crippen molar-refractivity contribution >= 4 is 11.8 Å². The van der Waals surface area contributed by atoms with Crippen molar-refractivity contribution in [1.29, 1.82) is 0 Å². The molecule has 27 heavy (non-hydrogen) atoms. The minimum absolute atomic E-state index is 0.0146. The zero-order valence-electron chi connectivity index (χ0n) is 15.4. The Hall–Kier alpha value is -2.69. The number of amides is 2. The fourth-order valence-corrected chi connectivity index (χ4v) is 3.40. The molecule has 3 rings (SSSR count). The first-order chi connectivity index (χ1) is 13.1. The van der Waals surface area contributed by atoms with Crippen LogP contribution in [0.1, 0.15) is 24.0 Å². The summed E-state index contributed by atoms with van der Waals surface area (Å²) in [6.45, 7) is 2.40. The second-order valence-corrected chi connectivity index (χ2v) is 6.91. The third kappa shape index (κ3) is 5.64. The highest BCUT2D eigenvalue weighted by molar-refractivity contribution is 5.79. The molecule has 0 radical (unpaired) electrons. The minimum Gasteiger partial charge on any atom is -0.341 e. The van der Waals surface area contributed by atoms with Crippen molar-refractivity contribution in [3.63, 3.8) is 0 Å². The standard InChI is InChI=1S/C22H25FN2O2/c23-20-9-4-8-19(16-20)17-22(27)25-13-5-12-24(14-15-25)21(26)11-10-18-6-2-1-3-7-18/h1-4,6-9,16H,5,10-15,17H2. The van der Waals surface area contributed by atoms with Gasteiger partial charge in [-0.1, -0.05) is 42.5 Å². The van der Waals surface area contributed by atoms with Crippen molar-refractivity contribution in [2.75, 3.05) is 26.2 Å². The van der Waals surface area contributed by atoms with Crippen LogP contribution in [0.25, 0.3) is 0 Å². The molecule has 0 spiro atoms. The SMILES string of the molecule is O=C(CCc1ccccc1)N1CCCN(C(=O)Cc2cccc(F)c2)CC1. The van der Waals surface area contributed by atoms with Crippen molar-refractivity contribution < 1.29 is 14.0 Å². The van der Waals surface area contributed by atoms with Crippen molar-refractivity contribution in [2.45, 2.75) is 25.7 Å². The molecule has 0 saturated carbocycles. The predicted octanol–water partition coefficient (Wildman–Crippen LogP) is 3.06. The molecule has 1 aliphatic heterocycles. The highest BCUT2D eigenvalue weighted by atomic mass is 19.1. The second-order valence-electron chi connectivity index (χ2n) is 6.91. The predicted molar refractivity (Wildman–Crippen MR) is 103 cm³/mol. The molecular weight excluding hydrogens is 343 g/mol. The monoisotopic (exact) mass is 368 g/mol. The van der Waals surface area contributed by atoms with E-state index in [1.165, 1.54) is 12.1 Å². The molecule has 2 aromatic rings. The molecule has 5 heteroatoms. The van der Waals surface area contributed by atoms with Crippen LogP contribution in [0.2, 0.25) is 0 Å². The quantitative estimate of drug-likeness (QED) is 0.814. The molecule has 1 heterocycles. The van der Waals surface area contributed by atoms with Crippen molar-refractivity contribution in [3.8, 4) is 0 Å². The second kappa shape index (κ2) is 9.31. The van der Waals surface area contributed by atoms with Gasteiger partial charge in [0.05, 0.1) is 6.42 Å². The van der Waals surface area contributed by atoms with Crippen LogP contribution < -0.4 is 0 Å². The molecule has 1 aliphatic rings. The fraction of sp³-hybridized carbons (Fsp3) is 0.364. The van der Waals surface area contributed by atoms with Crippen LogP contribution in [-0.4, -0.2) is 47.8 Å². The molecular formula is C22H25FN2O2. The zero-order valence-corrected chi connectivity index (χ0v) is 15.4. The third-order valence-electron chi connectivity index (χ3n) is 4.92. The van der Waals surface area contributed by atoms with Gasteiger partial charge in [-0.05, 0) is 36.1 Å². The summed E-state index contributed by atoms with van der Waals surface area (Å²) in [5.41, 5.74) is 1.84. The largest absolute Gasteiger partial charge is 0.341 e. The summed E-state index contributed by atoms with van der Waals surface area (Å²) in [7, 11) is 0. The lowest BCUT2D eigenvalue weighted by Crippen LogP contribution is -2.38. The van der Waals surface area contributed by atoms with Crippen LogP contribution in [0.15, 0.2) is 54.6 Å². The normalized spacial score (nSPS) is 14.7. The molecule has 4 nitrogen and oxygen atoms in total. The molecule has 0 atom stereocenters. The van der Waals surface area contributed by atoms with Crippen LogP contribution in [0.4, 0.5) is 4.39 Å². The number of rotatable bonds is 5. The van der Waals surface area contributed by atoms with E-state index in [4.69, 9.17) is 0 Å². The Morgan fingerprint density at radius 1 is 0.815 bits per heavy atom. The van der Waals surface area contributed by atoms with E-state index in [1.807, 2.05) is 35.2 Å². The first-order valence-electron chi connectivity index (χ1n) is 9.46. The van der Waals surface area contributed by atoms with Crippen molar-refractivity contribution in [2.24, 2.45) is 0 Å². The third-order valence-corrected chi connectivity index (χ3v) is 4.92. The Labute approximate surface area is 159 Å². The van der Waals surface area contributed by atoms with Gasteiger partial charge in [0.25, 0.3) is 0 Å². The molecule has 0 unspecified atom stereocenters.